The Balaban J connectivity index is 1.56. The van der Waals surface area contributed by atoms with Crippen molar-refractivity contribution >= 4 is 0 Å². The largest absolute Gasteiger partial charge is 0.493 e. The Kier molecular flexibility index (Phi) is 5.77. The molecule has 0 radical (unpaired) electrons. The fourth-order valence-corrected chi connectivity index (χ4v) is 2.75. The van der Waals surface area contributed by atoms with Gasteiger partial charge in [0.15, 0.2) is 11.5 Å². The number of ether oxygens (including phenoxy) is 4. The predicted molar refractivity (Wildman–Crippen MR) is 101 cm³/mol. The summed E-state index contributed by atoms with van der Waals surface area (Å²) in [5.41, 5.74) is 1.10. The third-order valence-corrected chi connectivity index (χ3v) is 4.57. The van der Waals surface area contributed by atoms with Crippen LogP contribution in [0.5, 0.6) is 23.0 Å². The van der Waals surface area contributed by atoms with E-state index in [-0.39, 0.29) is 13.4 Å². The monoisotopic (exact) mass is 374 g/mol. The lowest BCUT2D eigenvalue weighted by molar-refractivity contribution is -0.0661. The molecule has 1 atom stereocenters. The Bertz CT molecular complexity index is 763. The van der Waals surface area contributed by atoms with Crippen LogP contribution in [-0.4, -0.2) is 42.4 Å². The number of aliphatic hydroxyl groups is 2. The second-order valence-corrected chi connectivity index (χ2v) is 7.16. The first kappa shape index (κ1) is 19.3. The van der Waals surface area contributed by atoms with Crippen LogP contribution in [0.2, 0.25) is 0 Å². The summed E-state index contributed by atoms with van der Waals surface area (Å²) >= 11 is 0. The number of hydrogen-bond acceptors (Lipinski definition) is 6. The van der Waals surface area contributed by atoms with Crippen LogP contribution in [0, 0.1) is 0 Å². The lowest BCUT2D eigenvalue weighted by Crippen LogP contribution is -2.40. The molecule has 6 nitrogen and oxygen atoms in total. The van der Waals surface area contributed by atoms with E-state index in [2.05, 4.69) is 0 Å². The number of fused-ring (bicyclic) bond motifs is 1. The van der Waals surface area contributed by atoms with Gasteiger partial charge in [0.1, 0.15) is 18.5 Å². The average molecular weight is 374 g/mol. The van der Waals surface area contributed by atoms with Gasteiger partial charge in [-0.1, -0.05) is 12.1 Å². The third-order valence-electron chi connectivity index (χ3n) is 4.57. The second kappa shape index (κ2) is 8.06. The van der Waals surface area contributed by atoms with Crippen LogP contribution < -0.4 is 18.9 Å². The maximum Gasteiger partial charge on any atom is 0.231 e. The zero-order valence-electron chi connectivity index (χ0n) is 15.9. The van der Waals surface area contributed by atoms with Gasteiger partial charge in [0.25, 0.3) is 0 Å². The van der Waals surface area contributed by atoms with Crippen LogP contribution >= 0.6 is 0 Å². The van der Waals surface area contributed by atoms with Crippen LogP contribution in [-0.2, 0) is 12.8 Å². The molecule has 0 aliphatic carbocycles. The molecule has 27 heavy (non-hydrogen) atoms. The average Bonchev–Trinajstić information content (AvgIpc) is 3.12. The first-order valence-corrected chi connectivity index (χ1v) is 8.95. The lowest BCUT2D eigenvalue weighted by Gasteiger charge is -2.24. The van der Waals surface area contributed by atoms with Crippen molar-refractivity contribution in [2.45, 2.75) is 38.4 Å². The lowest BCUT2D eigenvalue weighted by atomic mass is 10.0. The van der Waals surface area contributed by atoms with Gasteiger partial charge < -0.3 is 29.2 Å². The zero-order chi connectivity index (χ0) is 19.4. The van der Waals surface area contributed by atoms with Gasteiger partial charge in [-0.15, -0.1) is 0 Å². The van der Waals surface area contributed by atoms with E-state index in [1.165, 1.54) is 5.56 Å². The van der Waals surface area contributed by atoms with Crippen LogP contribution in [0.25, 0.3) is 0 Å². The van der Waals surface area contributed by atoms with Gasteiger partial charge in [0.2, 0.25) is 12.5 Å². The topological polar surface area (TPSA) is 77.4 Å². The molecule has 0 fully saturated rings. The van der Waals surface area contributed by atoms with Crippen LogP contribution in [0.1, 0.15) is 25.0 Å². The van der Waals surface area contributed by atoms with Crippen molar-refractivity contribution in [3.8, 4) is 23.0 Å². The highest BCUT2D eigenvalue weighted by atomic mass is 16.7. The number of methoxy groups -OCH3 is 1. The zero-order valence-corrected chi connectivity index (χ0v) is 15.9. The van der Waals surface area contributed by atoms with E-state index in [0.29, 0.717) is 17.2 Å². The van der Waals surface area contributed by atoms with Crippen molar-refractivity contribution in [2.24, 2.45) is 0 Å². The maximum atomic E-state index is 9.82. The molecular weight excluding hydrogens is 348 g/mol. The molecule has 146 valence electrons. The first-order chi connectivity index (χ1) is 12.9. The number of hydrogen-bond donors (Lipinski definition) is 2. The summed E-state index contributed by atoms with van der Waals surface area (Å²) in [7, 11) is 1.62. The minimum atomic E-state index is -1.19. The van der Waals surface area contributed by atoms with E-state index in [0.717, 1.165) is 24.2 Å². The summed E-state index contributed by atoms with van der Waals surface area (Å²) in [5, 5.41) is 19.5. The van der Waals surface area contributed by atoms with Crippen molar-refractivity contribution in [2.75, 3.05) is 20.5 Å². The Morgan fingerprint density at radius 2 is 1.78 bits per heavy atom. The molecule has 0 saturated carbocycles. The van der Waals surface area contributed by atoms with Crippen LogP contribution in [0.3, 0.4) is 0 Å². The normalized spacial score (nSPS) is 14.1. The van der Waals surface area contributed by atoms with E-state index in [4.69, 9.17) is 18.9 Å². The molecule has 6 heteroatoms. The fraction of sp³-hybridized carbons (Fsp3) is 0.429. The first-order valence-electron chi connectivity index (χ1n) is 8.95. The molecule has 1 aliphatic heterocycles. The molecule has 0 spiro atoms. The summed E-state index contributed by atoms with van der Waals surface area (Å²) in [6.07, 6.45) is 0.748. The van der Waals surface area contributed by atoms with Gasteiger partial charge in [-0.05, 0) is 62.1 Å². The summed E-state index contributed by atoms with van der Waals surface area (Å²) < 4.78 is 21.8. The standard InChI is InChI=1S/C21H26O6/c1-21(2,23)19(22)12-25-16-8-6-14(7-9-16)4-5-15-10-17(24-3)20-18(11-15)26-13-27-20/h6-11,19,22-23H,4-5,12-13H2,1-3H3. The number of rotatable bonds is 8. The van der Waals surface area contributed by atoms with Crippen LogP contribution in [0.4, 0.5) is 0 Å². The molecule has 2 N–H and O–H groups in total. The van der Waals surface area contributed by atoms with Gasteiger partial charge in [-0.2, -0.15) is 0 Å². The van der Waals surface area contributed by atoms with Crippen molar-refractivity contribution in [3.63, 3.8) is 0 Å². The SMILES string of the molecule is COc1cc(CCc2ccc(OCC(O)C(C)(C)O)cc2)cc2c1OCO2. The molecule has 0 amide bonds. The number of aryl methyl sites for hydroxylation is 2. The molecule has 0 saturated heterocycles. The second-order valence-electron chi connectivity index (χ2n) is 7.16. The quantitative estimate of drug-likeness (QED) is 0.740. The molecule has 1 heterocycles. The van der Waals surface area contributed by atoms with E-state index in [9.17, 15) is 10.2 Å². The molecule has 1 unspecified atom stereocenters. The smallest absolute Gasteiger partial charge is 0.231 e. The fourth-order valence-electron chi connectivity index (χ4n) is 2.75. The maximum absolute atomic E-state index is 9.82. The molecular formula is C21H26O6. The van der Waals surface area contributed by atoms with Crippen molar-refractivity contribution < 1.29 is 29.2 Å². The highest BCUT2D eigenvalue weighted by Crippen LogP contribution is 2.42. The Morgan fingerprint density at radius 1 is 1.07 bits per heavy atom. The highest BCUT2D eigenvalue weighted by molar-refractivity contribution is 5.55. The van der Waals surface area contributed by atoms with Gasteiger partial charge in [0, 0.05) is 0 Å². The van der Waals surface area contributed by atoms with Crippen molar-refractivity contribution in [3.05, 3.63) is 47.5 Å². The van der Waals surface area contributed by atoms with Gasteiger partial charge >= 0.3 is 0 Å². The van der Waals surface area contributed by atoms with Crippen molar-refractivity contribution in [1.82, 2.24) is 0 Å². The van der Waals surface area contributed by atoms with E-state index in [1.807, 2.05) is 36.4 Å². The van der Waals surface area contributed by atoms with Gasteiger partial charge in [-0.3, -0.25) is 0 Å². The van der Waals surface area contributed by atoms with E-state index in [1.54, 1.807) is 21.0 Å². The molecule has 1 aliphatic rings. The van der Waals surface area contributed by atoms with Gasteiger partial charge in [-0.25, -0.2) is 0 Å². The minimum absolute atomic E-state index is 0.0415. The molecule has 2 aromatic carbocycles. The number of benzene rings is 2. The number of aliphatic hydroxyl groups excluding tert-OH is 1. The highest BCUT2D eigenvalue weighted by Gasteiger charge is 2.25. The van der Waals surface area contributed by atoms with E-state index >= 15 is 0 Å². The summed E-state index contributed by atoms with van der Waals surface area (Å²) in [6.45, 7) is 3.36. The molecule has 2 aromatic rings. The molecule has 0 aromatic heterocycles. The van der Waals surface area contributed by atoms with Gasteiger partial charge in [0.05, 0.1) is 12.7 Å². The Morgan fingerprint density at radius 3 is 2.44 bits per heavy atom. The Hall–Kier alpha value is -2.44. The van der Waals surface area contributed by atoms with E-state index < -0.39 is 11.7 Å². The minimum Gasteiger partial charge on any atom is -0.493 e. The third kappa shape index (κ3) is 4.84. The summed E-state index contributed by atoms with van der Waals surface area (Å²) in [5.74, 6) is 2.73. The van der Waals surface area contributed by atoms with Crippen LogP contribution in [0.15, 0.2) is 36.4 Å². The van der Waals surface area contributed by atoms with Crippen molar-refractivity contribution in [1.29, 1.82) is 0 Å². The molecule has 0 bridgehead atoms. The Labute approximate surface area is 159 Å². The molecule has 3 rings (SSSR count). The summed E-state index contributed by atoms with van der Waals surface area (Å²) in [6, 6.07) is 11.7. The summed E-state index contributed by atoms with van der Waals surface area (Å²) in [4.78, 5) is 0. The predicted octanol–water partition coefficient (Wildman–Crippen LogP) is 2.72.